The Balaban J connectivity index is 1.23. The Bertz CT molecular complexity index is 1940. The average Bonchev–Trinajstić information content (AvgIpc) is 3.72. The number of ether oxygens (including phenoxy) is 1. The highest BCUT2D eigenvalue weighted by atomic mass is 32.2. The highest BCUT2D eigenvalue weighted by Crippen LogP contribution is 2.61. The van der Waals surface area contributed by atoms with E-state index < -0.39 is 101 Å². The number of nitrogens with one attached hydrogen (secondary N) is 2. The van der Waals surface area contributed by atoms with Gasteiger partial charge < -0.3 is 56.0 Å². The molecular weight excluding hydrogens is 839 g/mol. The molecule has 3 unspecified atom stereocenters. The van der Waals surface area contributed by atoms with Gasteiger partial charge in [0.15, 0.2) is 17.7 Å². The van der Waals surface area contributed by atoms with Crippen molar-refractivity contribution in [1.29, 1.82) is 0 Å². The largest absolute Gasteiger partial charge is 0.481 e. The summed E-state index contributed by atoms with van der Waals surface area (Å²) in [5.41, 5.74) is 2.84. The number of nitrogens with zero attached hydrogens (tertiary/aromatic N) is 4. The number of rotatable bonds is 21. The van der Waals surface area contributed by atoms with Gasteiger partial charge in [-0.2, -0.15) is 4.31 Å². The van der Waals surface area contributed by atoms with Gasteiger partial charge in [0.05, 0.1) is 19.5 Å². The first kappa shape index (κ1) is 45.7. The summed E-state index contributed by atoms with van der Waals surface area (Å²) in [4.78, 5) is 98.7. The lowest BCUT2D eigenvalue weighted by molar-refractivity contribution is -0.146. The van der Waals surface area contributed by atoms with Gasteiger partial charge in [0, 0.05) is 30.7 Å². The van der Waals surface area contributed by atoms with Crippen molar-refractivity contribution in [3.63, 3.8) is 0 Å². The number of aromatic nitrogens is 4. The number of anilines is 1. The number of fused-ring (bicyclic) bond motifs is 1. The second-order valence-electron chi connectivity index (χ2n) is 13.1. The summed E-state index contributed by atoms with van der Waals surface area (Å²) in [6, 6.07) is 0. The first-order valence-electron chi connectivity index (χ1n) is 16.2. The fourth-order valence-corrected chi connectivity index (χ4v) is 8.83. The number of hydrogen-bond acceptors (Lipinski definition) is 19. The number of amides is 2. The molecular formula is C26H40N7O19P3S. The number of carboxylic acid groups (broad SMARTS) is 1. The van der Waals surface area contributed by atoms with Crippen molar-refractivity contribution >= 4 is 75.1 Å². The molecule has 7 atom stereocenters. The molecule has 4 rings (SSSR count). The van der Waals surface area contributed by atoms with Crippen LogP contribution in [0, 0.1) is 10.8 Å². The van der Waals surface area contributed by atoms with Gasteiger partial charge in [-0.15, -0.1) is 0 Å². The number of aliphatic carboxylic acids is 1. The molecule has 1 saturated heterocycles. The molecule has 1 aliphatic heterocycles. The lowest BCUT2D eigenvalue weighted by Crippen LogP contribution is -2.46. The van der Waals surface area contributed by atoms with Gasteiger partial charge in [-0.1, -0.05) is 25.6 Å². The summed E-state index contributed by atoms with van der Waals surface area (Å²) in [7, 11) is -16.4. The Labute approximate surface area is 320 Å². The van der Waals surface area contributed by atoms with Crippen LogP contribution in [0.25, 0.3) is 11.2 Å². The molecule has 11 N–H and O–H groups in total. The third-order valence-electron chi connectivity index (χ3n) is 8.29. The minimum absolute atomic E-state index is 0.0194. The van der Waals surface area contributed by atoms with Crippen LogP contribution in [0.15, 0.2) is 12.7 Å². The number of aliphatic hydroxyl groups excluding tert-OH is 2. The van der Waals surface area contributed by atoms with Gasteiger partial charge in [-0.05, 0) is 12.8 Å². The molecule has 0 spiro atoms. The highest BCUT2D eigenvalue weighted by molar-refractivity contribution is 8.13. The average molecular weight is 880 g/mol. The monoisotopic (exact) mass is 879 g/mol. The fraction of sp³-hybridized carbons (Fsp3) is 0.654. The van der Waals surface area contributed by atoms with Crippen LogP contribution < -0.4 is 16.4 Å². The zero-order chi connectivity index (χ0) is 41.9. The van der Waals surface area contributed by atoms with Gasteiger partial charge >= 0.3 is 29.4 Å². The quantitative estimate of drug-likeness (QED) is 0.0389. The molecule has 26 nitrogen and oxygen atoms in total. The number of phosphoric acid groups is 3. The lowest BCUT2D eigenvalue weighted by Gasteiger charge is -2.30. The van der Waals surface area contributed by atoms with Crippen LogP contribution in [0.2, 0.25) is 0 Å². The zero-order valence-electron chi connectivity index (χ0n) is 29.3. The van der Waals surface area contributed by atoms with E-state index in [9.17, 15) is 62.7 Å². The Hall–Kier alpha value is -2.97. The number of thioether (sulfide) groups is 1. The molecule has 30 heteroatoms. The normalized spacial score (nSPS) is 23.5. The van der Waals surface area contributed by atoms with Gasteiger partial charge in [-0.25, -0.2) is 28.6 Å². The van der Waals surface area contributed by atoms with Crippen LogP contribution in [-0.2, 0) is 55.5 Å². The zero-order valence-corrected chi connectivity index (χ0v) is 32.8. The lowest BCUT2D eigenvalue weighted by atomic mass is 9.87. The van der Waals surface area contributed by atoms with Crippen molar-refractivity contribution in [3.8, 4) is 0 Å². The van der Waals surface area contributed by atoms with E-state index in [1.165, 1.54) is 13.8 Å². The number of imidazole rings is 1. The third kappa shape index (κ3) is 11.8. The van der Waals surface area contributed by atoms with Crippen LogP contribution in [-0.4, -0.2) is 134 Å². The predicted octanol–water partition coefficient (Wildman–Crippen LogP) is -1.47. The van der Waals surface area contributed by atoms with E-state index in [1.54, 1.807) is 0 Å². The second kappa shape index (κ2) is 17.9. The number of phosphoric ester groups is 3. The number of carbonyl (C=O) groups excluding carboxylic acids is 3. The Morgan fingerprint density at radius 1 is 1.07 bits per heavy atom. The second-order valence-corrected chi connectivity index (χ2v) is 18.4. The molecule has 2 fully saturated rings. The molecule has 2 aromatic heterocycles. The van der Waals surface area contributed by atoms with Crippen molar-refractivity contribution in [2.75, 3.05) is 37.8 Å². The van der Waals surface area contributed by atoms with E-state index in [2.05, 4.69) is 34.4 Å². The summed E-state index contributed by atoms with van der Waals surface area (Å²) in [6.07, 6.45) is -6.59. The maximum atomic E-state index is 12.7. The Morgan fingerprint density at radius 2 is 1.73 bits per heavy atom. The Morgan fingerprint density at radius 3 is 2.36 bits per heavy atom. The van der Waals surface area contributed by atoms with Crippen molar-refractivity contribution in [3.05, 3.63) is 12.7 Å². The van der Waals surface area contributed by atoms with Crippen LogP contribution in [0.5, 0.6) is 0 Å². The van der Waals surface area contributed by atoms with Crippen LogP contribution >= 0.6 is 35.2 Å². The fourth-order valence-electron chi connectivity index (χ4n) is 5.04. The van der Waals surface area contributed by atoms with Crippen molar-refractivity contribution in [1.82, 2.24) is 30.2 Å². The minimum Gasteiger partial charge on any atom is -0.480 e. The van der Waals surface area contributed by atoms with E-state index in [-0.39, 0.29) is 55.1 Å². The number of aliphatic hydroxyl groups is 2. The van der Waals surface area contributed by atoms with Gasteiger partial charge in [0.25, 0.3) is 0 Å². The molecule has 3 heterocycles. The number of nitrogen functional groups attached to an aromatic ring is 1. The van der Waals surface area contributed by atoms with E-state index in [1.807, 2.05) is 0 Å². The Kier molecular flexibility index (Phi) is 14.6. The molecule has 2 aliphatic rings. The smallest absolute Gasteiger partial charge is 0.480 e. The van der Waals surface area contributed by atoms with E-state index >= 15 is 0 Å². The molecule has 1 aliphatic carbocycles. The standard InChI is InChI=1S/C26H40N7O19P3S/c1-25(2,18(36)21(37)29-6-3-14(34)28-7-8-56-24(40)26(4-5-26)23(38)39)10-49-55(46,47)52-54(44,45)48-9-13-17(51-53(41,42)43)16(35)22(50-13)33-12-32-15-19(27)30-11-31-20(15)33/h11-13,16-18,22,35-36H,3-10H2,1-2H3,(H,28,34)(H,29,37)(H,38,39)(H,44,45)(H,46,47)(H2,27,30,31)(H2,41,42,43)/t13-,16-,17-,18?,22-/m1/s1. The first-order valence-corrected chi connectivity index (χ1v) is 21.7. The van der Waals surface area contributed by atoms with Crippen molar-refractivity contribution < 1.29 is 90.4 Å². The topological polar surface area (TPSA) is 401 Å². The summed E-state index contributed by atoms with van der Waals surface area (Å²) >= 11 is 0.787. The van der Waals surface area contributed by atoms with Crippen LogP contribution in [0.4, 0.5) is 5.82 Å². The van der Waals surface area contributed by atoms with Crippen molar-refractivity contribution in [2.24, 2.45) is 10.8 Å². The van der Waals surface area contributed by atoms with E-state index in [4.69, 9.17) is 24.6 Å². The van der Waals surface area contributed by atoms with Gasteiger partial charge in [0.1, 0.15) is 41.7 Å². The SMILES string of the molecule is CC(C)(COP(=O)(O)OP(=O)(O)OC[C@H]1O[C@@H](n2cnc3c(N)ncnc32)[C@H](O)[C@@H]1OP(=O)(O)O)C(O)C(=O)NCCC(=O)NCCSC(=O)C1(C(=O)O)CC1. The maximum absolute atomic E-state index is 12.7. The summed E-state index contributed by atoms with van der Waals surface area (Å²) in [5, 5.41) is 34.8. The molecule has 2 amide bonds. The van der Waals surface area contributed by atoms with E-state index in [0.29, 0.717) is 0 Å². The van der Waals surface area contributed by atoms with E-state index in [0.717, 1.165) is 29.0 Å². The van der Waals surface area contributed by atoms with Gasteiger partial charge in [0.2, 0.25) is 16.9 Å². The number of carboxylic acids is 1. The maximum Gasteiger partial charge on any atom is 0.481 e. The summed E-state index contributed by atoms with van der Waals surface area (Å²) in [6.45, 7) is 0.158. The summed E-state index contributed by atoms with van der Waals surface area (Å²) in [5.74, 6) is -2.66. The number of carbonyl (C=O) groups is 4. The van der Waals surface area contributed by atoms with Crippen molar-refractivity contribution in [2.45, 2.75) is 63.8 Å². The molecule has 56 heavy (non-hydrogen) atoms. The van der Waals surface area contributed by atoms with Gasteiger partial charge in [-0.3, -0.25) is 37.3 Å². The highest BCUT2D eigenvalue weighted by Gasteiger charge is 2.57. The molecule has 0 radical (unpaired) electrons. The van der Waals surface area contributed by atoms with Crippen LogP contribution in [0.1, 0.15) is 39.3 Å². The van der Waals surface area contributed by atoms with Crippen LogP contribution in [0.3, 0.4) is 0 Å². The molecule has 0 aromatic carbocycles. The molecule has 2 aromatic rings. The number of nitrogens with two attached hydrogens (primary N) is 1. The molecule has 314 valence electrons. The summed E-state index contributed by atoms with van der Waals surface area (Å²) < 4.78 is 62.0. The first-order chi connectivity index (χ1) is 25.9. The predicted molar refractivity (Wildman–Crippen MR) is 186 cm³/mol. The third-order valence-corrected chi connectivity index (χ3v) is 12.4. The molecule has 0 bridgehead atoms. The minimum atomic E-state index is -5.59. The molecule has 1 saturated carbocycles. The number of hydrogen-bond donors (Lipinski definition) is 10.